The molecule has 0 fully saturated rings. The average Bonchev–Trinajstić information content (AvgIpc) is 2.71. The van der Waals surface area contributed by atoms with Gasteiger partial charge in [-0.05, 0) is 48.9 Å². The van der Waals surface area contributed by atoms with Crippen LogP contribution in [-0.4, -0.2) is 0 Å². The Bertz CT molecular complexity index is 1310. The summed E-state index contributed by atoms with van der Waals surface area (Å²) in [5, 5.41) is 2.06. The molecule has 0 aliphatic rings. The highest BCUT2D eigenvalue weighted by Crippen LogP contribution is 2.37. The number of ether oxygens (including phenoxy) is 1. The number of hydrogen-bond donors (Lipinski definition) is 0. The zero-order chi connectivity index (χ0) is 21.4. The second-order valence-electron chi connectivity index (χ2n) is 6.66. The molecule has 0 N–H and O–H groups in total. The molecule has 30 heavy (non-hydrogen) atoms. The van der Waals surface area contributed by atoms with Crippen LogP contribution in [0.1, 0.15) is 11.1 Å². The van der Waals surface area contributed by atoms with E-state index in [9.17, 15) is 4.79 Å². The van der Waals surface area contributed by atoms with Crippen molar-refractivity contribution in [2.45, 2.75) is 13.5 Å². The van der Waals surface area contributed by atoms with Crippen LogP contribution < -0.4 is 10.2 Å². The quantitative estimate of drug-likeness (QED) is 0.298. The third-order valence-electron chi connectivity index (χ3n) is 4.67. The molecular formula is C23H14Cl4O3. The van der Waals surface area contributed by atoms with Crippen molar-refractivity contribution in [1.29, 1.82) is 0 Å². The Balaban J connectivity index is 1.93. The molecule has 0 saturated heterocycles. The highest BCUT2D eigenvalue weighted by atomic mass is 35.5. The zero-order valence-corrected chi connectivity index (χ0v) is 18.7. The monoisotopic (exact) mass is 478 g/mol. The second kappa shape index (κ2) is 8.52. The molecule has 0 unspecified atom stereocenters. The van der Waals surface area contributed by atoms with Crippen molar-refractivity contribution in [2.24, 2.45) is 0 Å². The van der Waals surface area contributed by atoms with Crippen LogP contribution in [0.2, 0.25) is 20.1 Å². The van der Waals surface area contributed by atoms with Gasteiger partial charge in [0.25, 0.3) is 0 Å². The molecule has 0 atom stereocenters. The molecule has 3 nitrogen and oxygen atoms in total. The summed E-state index contributed by atoms with van der Waals surface area (Å²) in [5.41, 5.74) is 1.91. The Morgan fingerprint density at radius 1 is 0.867 bits per heavy atom. The molecule has 3 aromatic carbocycles. The van der Waals surface area contributed by atoms with Crippen LogP contribution in [0.4, 0.5) is 0 Å². The SMILES string of the molecule is Cc1cc2oc(-c3ccccc3Cl)c(OCc3c(Cl)cccc3Cl)c(=O)c2cc1Cl. The van der Waals surface area contributed by atoms with Gasteiger partial charge in [-0.25, -0.2) is 0 Å². The molecule has 0 bridgehead atoms. The Labute approximate surface area is 192 Å². The summed E-state index contributed by atoms with van der Waals surface area (Å²) >= 11 is 25.1. The van der Waals surface area contributed by atoms with Crippen molar-refractivity contribution in [3.63, 3.8) is 0 Å². The molecule has 1 heterocycles. The van der Waals surface area contributed by atoms with E-state index in [4.69, 9.17) is 55.6 Å². The minimum absolute atomic E-state index is 0.00602. The van der Waals surface area contributed by atoms with Crippen LogP contribution in [0.15, 0.2) is 63.8 Å². The van der Waals surface area contributed by atoms with Gasteiger partial charge in [-0.3, -0.25) is 4.79 Å². The standard InChI is InChI=1S/C23H14Cl4O3/c1-12-9-20-14(10-19(12)27)21(28)23(22(30-20)13-5-2-3-6-16(13)24)29-11-15-17(25)7-4-8-18(15)26/h2-10H,11H2,1H3. The molecule has 0 amide bonds. The van der Waals surface area contributed by atoms with Gasteiger partial charge in [0.2, 0.25) is 11.2 Å². The summed E-state index contributed by atoms with van der Waals surface area (Å²) < 4.78 is 12.0. The van der Waals surface area contributed by atoms with E-state index in [-0.39, 0.29) is 23.5 Å². The maximum Gasteiger partial charge on any atom is 0.235 e. The number of fused-ring (bicyclic) bond motifs is 1. The fraction of sp³-hybridized carbons (Fsp3) is 0.0870. The van der Waals surface area contributed by atoms with Gasteiger partial charge in [0.05, 0.1) is 10.4 Å². The lowest BCUT2D eigenvalue weighted by molar-refractivity contribution is 0.298. The Kier molecular flexibility index (Phi) is 5.99. The number of benzene rings is 3. The molecule has 7 heteroatoms. The van der Waals surface area contributed by atoms with Crippen molar-refractivity contribution in [3.05, 3.63) is 96.0 Å². The smallest absolute Gasteiger partial charge is 0.235 e. The first-order chi connectivity index (χ1) is 14.4. The first-order valence-corrected chi connectivity index (χ1v) is 10.5. The Hall–Kier alpha value is -2.17. The lowest BCUT2D eigenvalue weighted by Gasteiger charge is -2.14. The maximum absolute atomic E-state index is 13.3. The van der Waals surface area contributed by atoms with E-state index in [1.807, 2.05) is 6.92 Å². The molecule has 0 aliphatic carbocycles. The van der Waals surface area contributed by atoms with Crippen molar-refractivity contribution in [1.82, 2.24) is 0 Å². The molecule has 0 radical (unpaired) electrons. The van der Waals surface area contributed by atoms with Gasteiger partial charge in [-0.1, -0.05) is 64.6 Å². The van der Waals surface area contributed by atoms with E-state index in [1.165, 1.54) is 0 Å². The van der Waals surface area contributed by atoms with Crippen molar-refractivity contribution >= 4 is 57.4 Å². The largest absolute Gasteiger partial charge is 0.481 e. The highest BCUT2D eigenvalue weighted by molar-refractivity contribution is 6.36. The molecular weight excluding hydrogens is 466 g/mol. The maximum atomic E-state index is 13.3. The molecule has 152 valence electrons. The van der Waals surface area contributed by atoms with E-state index >= 15 is 0 Å². The van der Waals surface area contributed by atoms with Crippen LogP contribution in [0, 0.1) is 6.92 Å². The third kappa shape index (κ3) is 3.91. The van der Waals surface area contributed by atoms with E-state index in [0.717, 1.165) is 5.56 Å². The van der Waals surface area contributed by atoms with Crippen molar-refractivity contribution in [2.75, 3.05) is 0 Å². The number of halogens is 4. The van der Waals surface area contributed by atoms with Crippen LogP contribution >= 0.6 is 46.4 Å². The summed E-state index contributed by atoms with van der Waals surface area (Å²) in [5.74, 6) is 0.231. The van der Waals surface area contributed by atoms with Gasteiger partial charge in [-0.2, -0.15) is 0 Å². The van der Waals surface area contributed by atoms with Gasteiger partial charge in [0, 0.05) is 26.2 Å². The number of rotatable bonds is 4. The second-order valence-corrected chi connectivity index (χ2v) is 8.28. The fourth-order valence-electron chi connectivity index (χ4n) is 3.07. The van der Waals surface area contributed by atoms with Crippen LogP contribution in [-0.2, 0) is 6.61 Å². The van der Waals surface area contributed by atoms with Gasteiger partial charge in [0.1, 0.15) is 12.2 Å². The number of hydrogen-bond acceptors (Lipinski definition) is 3. The van der Waals surface area contributed by atoms with Crippen molar-refractivity contribution < 1.29 is 9.15 Å². The summed E-state index contributed by atoms with van der Waals surface area (Å²) in [7, 11) is 0. The fourth-order valence-corrected chi connectivity index (χ4v) is 3.96. The van der Waals surface area contributed by atoms with Crippen LogP contribution in [0.25, 0.3) is 22.3 Å². The average molecular weight is 480 g/mol. The minimum Gasteiger partial charge on any atom is -0.481 e. The Morgan fingerprint density at radius 3 is 2.23 bits per heavy atom. The molecule has 4 rings (SSSR count). The van der Waals surface area contributed by atoms with Crippen LogP contribution in [0.3, 0.4) is 0 Å². The summed E-state index contributed by atoms with van der Waals surface area (Å²) in [6.07, 6.45) is 0. The highest BCUT2D eigenvalue weighted by Gasteiger charge is 2.21. The van der Waals surface area contributed by atoms with Gasteiger partial charge >= 0.3 is 0 Å². The van der Waals surface area contributed by atoms with Gasteiger partial charge in [-0.15, -0.1) is 0 Å². The van der Waals surface area contributed by atoms with Crippen molar-refractivity contribution in [3.8, 4) is 17.1 Å². The lowest BCUT2D eigenvalue weighted by atomic mass is 10.1. The van der Waals surface area contributed by atoms with E-state index in [0.29, 0.717) is 42.2 Å². The van der Waals surface area contributed by atoms with E-state index in [1.54, 1.807) is 54.6 Å². The normalized spacial score (nSPS) is 11.1. The number of aryl methyl sites for hydroxylation is 1. The molecule has 4 aromatic rings. The van der Waals surface area contributed by atoms with Gasteiger partial charge in [0.15, 0.2) is 5.76 Å². The third-order valence-corrected chi connectivity index (χ3v) is 6.12. The Morgan fingerprint density at radius 2 is 1.53 bits per heavy atom. The van der Waals surface area contributed by atoms with E-state index in [2.05, 4.69) is 0 Å². The zero-order valence-electron chi connectivity index (χ0n) is 15.6. The van der Waals surface area contributed by atoms with Crippen LogP contribution in [0.5, 0.6) is 5.75 Å². The summed E-state index contributed by atoms with van der Waals surface area (Å²) in [6, 6.07) is 15.5. The summed E-state index contributed by atoms with van der Waals surface area (Å²) in [6.45, 7) is 1.81. The van der Waals surface area contributed by atoms with E-state index < -0.39 is 0 Å². The topological polar surface area (TPSA) is 39.4 Å². The first-order valence-electron chi connectivity index (χ1n) is 8.94. The predicted octanol–water partition coefficient (Wildman–Crippen LogP) is 7.96. The first kappa shape index (κ1) is 21.1. The van der Waals surface area contributed by atoms with Gasteiger partial charge < -0.3 is 9.15 Å². The molecule has 1 aromatic heterocycles. The minimum atomic E-state index is -0.365. The molecule has 0 spiro atoms. The summed E-state index contributed by atoms with van der Waals surface area (Å²) in [4.78, 5) is 13.3. The lowest BCUT2D eigenvalue weighted by Crippen LogP contribution is -2.11. The molecule has 0 saturated carbocycles. The molecule has 0 aliphatic heterocycles. The predicted molar refractivity (Wildman–Crippen MR) is 123 cm³/mol.